The average molecular weight is 556 g/mol. The van der Waals surface area contributed by atoms with Gasteiger partial charge in [0.1, 0.15) is 0 Å². The summed E-state index contributed by atoms with van der Waals surface area (Å²) in [4.78, 5) is 16.6. The van der Waals surface area contributed by atoms with Crippen LogP contribution in [0.15, 0.2) is 54.1 Å². The van der Waals surface area contributed by atoms with Crippen LogP contribution in [0.5, 0.6) is 0 Å². The van der Waals surface area contributed by atoms with E-state index in [-0.39, 0.29) is 17.3 Å². The van der Waals surface area contributed by atoms with Crippen molar-refractivity contribution >= 4 is 5.78 Å². The van der Waals surface area contributed by atoms with E-state index in [4.69, 9.17) is 0 Å². The van der Waals surface area contributed by atoms with Crippen LogP contribution in [-0.4, -0.2) is 39.1 Å². The molecule has 2 saturated carbocycles. The topological polar surface area (TPSA) is 60.8 Å². The van der Waals surface area contributed by atoms with Crippen LogP contribution >= 0.6 is 0 Å². The first-order valence-corrected chi connectivity index (χ1v) is 16.3. The Labute approximate surface area is 246 Å². The molecule has 1 heterocycles. The summed E-state index contributed by atoms with van der Waals surface area (Å²) in [5, 5.41) is 23.5. The third kappa shape index (κ3) is 5.72. The summed E-state index contributed by atoms with van der Waals surface area (Å²) in [6.07, 6.45) is 13.0. The number of hydrogen-bond acceptors (Lipinski definition) is 4. The Hall–Kier alpha value is -2.27. The lowest BCUT2D eigenvalue weighted by molar-refractivity contribution is -0.0846. The second-order valence-electron chi connectivity index (χ2n) is 14.1. The number of allylic oxidation sites excluding steroid dienone is 2. The van der Waals surface area contributed by atoms with Crippen LogP contribution in [-0.2, 0) is 19.5 Å². The van der Waals surface area contributed by atoms with Gasteiger partial charge in [0.05, 0.1) is 11.7 Å². The third-order valence-electron chi connectivity index (χ3n) is 11.3. The van der Waals surface area contributed by atoms with Crippen LogP contribution in [0.2, 0.25) is 0 Å². The maximum absolute atomic E-state index is 14.2. The van der Waals surface area contributed by atoms with Crippen molar-refractivity contribution in [2.24, 2.45) is 11.3 Å². The number of β-amino-alcohol motifs (C(OH)–C–C–N with tert-alkyl or cyclic N) is 1. The minimum absolute atomic E-state index is 0.0989. The van der Waals surface area contributed by atoms with Gasteiger partial charge in [-0.05, 0) is 98.9 Å². The normalized spacial score (nSPS) is 31.4. The molecular weight excluding hydrogens is 506 g/mol. The van der Waals surface area contributed by atoms with Crippen LogP contribution in [0.3, 0.4) is 0 Å². The van der Waals surface area contributed by atoms with Crippen molar-refractivity contribution in [1.29, 1.82) is 0 Å². The van der Waals surface area contributed by atoms with Gasteiger partial charge in [-0.25, -0.2) is 0 Å². The monoisotopic (exact) mass is 555 g/mol. The van der Waals surface area contributed by atoms with E-state index in [0.717, 1.165) is 94.0 Å². The van der Waals surface area contributed by atoms with Gasteiger partial charge >= 0.3 is 0 Å². The Morgan fingerprint density at radius 3 is 2.44 bits per heavy atom. The largest absolute Gasteiger partial charge is 0.393 e. The van der Waals surface area contributed by atoms with Crippen molar-refractivity contribution in [2.75, 3.05) is 6.54 Å². The Balaban J connectivity index is 1.38. The van der Waals surface area contributed by atoms with Crippen molar-refractivity contribution in [1.82, 2.24) is 4.90 Å². The molecule has 220 valence electrons. The molecule has 4 heteroatoms. The maximum atomic E-state index is 14.2. The number of Topliss-reactive ketones (excluding diaryl/α,β-unsaturated/α-hetero) is 1. The summed E-state index contributed by atoms with van der Waals surface area (Å²) < 4.78 is 0. The molecular formula is C37H49NO3. The predicted molar refractivity (Wildman–Crippen MR) is 165 cm³/mol. The maximum Gasteiger partial charge on any atom is 0.166 e. The summed E-state index contributed by atoms with van der Waals surface area (Å²) in [5.74, 6) is 0.518. The third-order valence-corrected chi connectivity index (χ3v) is 11.3. The molecule has 7 rings (SSSR count). The average Bonchev–Trinajstić information content (AvgIpc) is 3.49. The second-order valence-corrected chi connectivity index (χ2v) is 14.1. The number of fused-ring (bicyclic) bond motifs is 9. The smallest absolute Gasteiger partial charge is 0.166 e. The van der Waals surface area contributed by atoms with E-state index >= 15 is 0 Å². The molecule has 2 N–H and O–H groups in total. The van der Waals surface area contributed by atoms with Crippen molar-refractivity contribution in [3.8, 4) is 0 Å². The fourth-order valence-corrected chi connectivity index (χ4v) is 8.68. The van der Waals surface area contributed by atoms with Gasteiger partial charge in [-0.3, -0.25) is 9.69 Å². The van der Waals surface area contributed by atoms with Crippen molar-refractivity contribution in [3.05, 3.63) is 81.9 Å². The lowest BCUT2D eigenvalue weighted by atomic mass is 9.64. The molecule has 2 bridgehead atoms. The number of aliphatic hydroxyl groups is 2. The van der Waals surface area contributed by atoms with Crippen LogP contribution < -0.4 is 0 Å². The first kappa shape index (κ1) is 28.8. The lowest BCUT2D eigenvalue weighted by Crippen LogP contribution is -2.51. The summed E-state index contributed by atoms with van der Waals surface area (Å²) in [5.41, 5.74) is 5.95. The van der Waals surface area contributed by atoms with Gasteiger partial charge in [0, 0.05) is 36.5 Å². The number of hydrogen-bond donors (Lipinski definition) is 2. The molecule has 1 aliphatic heterocycles. The van der Waals surface area contributed by atoms with Crippen molar-refractivity contribution in [2.45, 2.75) is 122 Å². The van der Waals surface area contributed by atoms with Crippen molar-refractivity contribution < 1.29 is 15.0 Å². The molecule has 2 aromatic carbocycles. The molecule has 2 fully saturated rings. The Morgan fingerprint density at radius 1 is 0.976 bits per heavy atom. The van der Waals surface area contributed by atoms with E-state index in [1.165, 1.54) is 23.1 Å². The molecule has 0 aromatic heterocycles. The number of nitrogens with zero attached hydrogens (tertiary/aromatic N) is 1. The first-order chi connectivity index (χ1) is 19.8. The van der Waals surface area contributed by atoms with Gasteiger partial charge in [0.15, 0.2) is 5.78 Å². The van der Waals surface area contributed by atoms with E-state index in [1.54, 1.807) is 0 Å². The fraction of sp³-hybridized carbons (Fsp3) is 0.595. The van der Waals surface area contributed by atoms with Crippen LogP contribution in [0.4, 0.5) is 0 Å². The Kier molecular flexibility index (Phi) is 8.28. The second kappa shape index (κ2) is 11.8. The number of carbonyl (C=O) groups excluding carboxylic acids is 1. The zero-order chi connectivity index (χ0) is 28.6. The zero-order valence-electron chi connectivity index (χ0n) is 25.2. The van der Waals surface area contributed by atoms with Crippen molar-refractivity contribution in [3.63, 3.8) is 0 Å². The summed E-state index contributed by atoms with van der Waals surface area (Å²) in [7, 11) is 0. The molecule has 0 radical (unpaired) electrons. The van der Waals surface area contributed by atoms with Gasteiger partial charge in [0.2, 0.25) is 0 Å². The molecule has 41 heavy (non-hydrogen) atoms. The predicted octanol–water partition coefficient (Wildman–Crippen LogP) is 7.50. The fourth-order valence-electron chi connectivity index (χ4n) is 8.68. The standard InChI is InChI=1S/C37H49NO3/c1-26-9-8-19-36(2)34(18-20-37(36,41)25-38-23-29-12-6-7-13-30(29)24-38)32-17-15-27(21-31(39)16-14-26)22-33(32)35(40)28-10-4-3-5-11-28/h6-7,9,12-13,15,17,22,28,31,34,39,41H,3-5,8,10-11,14,16,18-21,23-25H2,1-2H3. The van der Waals surface area contributed by atoms with Crippen LogP contribution in [0, 0.1) is 11.3 Å². The molecule has 4 nitrogen and oxygen atoms in total. The summed E-state index contributed by atoms with van der Waals surface area (Å²) in [6, 6.07) is 15.1. The molecule has 2 aromatic rings. The highest BCUT2D eigenvalue weighted by molar-refractivity contribution is 5.99. The Bertz CT molecular complexity index is 1270. The highest BCUT2D eigenvalue weighted by atomic mass is 16.3. The number of ketones is 1. The molecule has 4 atom stereocenters. The van der Waals surface area contributed by atoms with Gasteiger partial charge in [-0.15, -0.1) is 0 Å². The lowest BCUT2D eigenvalue weighted by Gasteiger charge is -2.45. The molecule has 5 aliphatic rings. The highest BCUT2D eigenvalue weighted by Gasteiger charge is 2.57. The number of carbonyl (C=O) groups is 1. The summed E-state index contributed by atoms with van der Waals surface area (Å²) in [6.45, 7) is 6.93. The highest BCUT2D eigenvalue weighted by Crippen LogP contribution is 2.59. The van der Waals surface area contributed by atoms with Gasteiger partial charge in [-0.2, -0.15) is 0 Å². The molecule has 0 saturated heterocycles. The first-order valence-electron chi connectivity index (χ1n) is 16.3. The SMILES string of the molecule is CC1=CCCC2(C)C(CCC2(O)CN2Cc3ccccc3C2)c2ccc(cc2C(=O)C2CCCCC2)CC(O)CC1. The number of benzene rings is 2. The van der Waals surface area contributed by atoms with Gasteiger partial charge < -0.3 is 10.2 Å². The minimum atomic E-state index is -0.835. The minimum Gasteiger partial charge on any atom is -0.393 e. The summed E-state index contributed by atoms with van der Waals surface area (Å²) >= 11 is 0. The van der Waals surface area contributed by atoms with Gasteiger partial charge in [-0.1, -0.05) is 74.2 Å². The van der Waals surface area contributed by atoms with E-state index in [1.807, 2.05) is 0 Å². The van der Waals surface area contributed by atoms with Crippen LogP contribution in [0.25, 0.3) is 0 Å². The van der Waals surface area contributed by atoms with E-state index in [9.17, 15) is 15.0 Å². The number of rotatable bonds is 4. The molecule has 4 unspecified atom stereocenters. The van der Waals surface area contributed by atoms with E-state index in [2.05, 4.69) is 67.3 Å². The number of aliphatic hydroxyl groups excluding tert-OH is 1. The zero-order valence-corrected chi connectivity index (χ0v) is 25.2. The van der Waals surface area contributed by atoms with Crippen LogP contribution in [0.1, 0.15) is 123 Å². The van der Waals surface area contributed by atoms with E-state index in [0.29, 0.717) is 18.7 Å². The quantitative estimate of drug-likeness (QED) is 0.303. The Morgan fingerprint density at radius 2 is 1.71 bits per heavy atom. The van der Waals surface area contributed by atoms with E-state index < -0.39 is 11.7 Å². The van der Waals surface area contributed by atoms with Gasteiger partial charge in [0.25, 0.3) is 0 Å². The molecule has 4 aliphatic carbocycles. The molecule has 0 amide bonds. The molecule has 0 spiro atoms.